The summed E-state index contributed by atoms with van der Waals surface area (Å²) in [5.41, 5.74) is 3.26. The van der Waals surface area contributed by atoms with Crippen LogP contribution < -0.4 is 9.47 Å². The lowest BCUT2D eigenvalue weighted by Gasteiger charge is -2.16. The fourth-order valence-corrected chi connectivity index (χ4v) is 6.03. The summed E-state index contributed by atoms with van der Waals surface area (Å²) in [6.45, 7) is 2.80. The molecule has 4 aromatic carbocycles. The Morgan fingerprint density at radius 2 is 1.74 bits per heavy atom. The van der Waals surface area contributed by atoms with Crippen molar-refractivity contribution in [2.45, 2.75) is 20.1 Å². The van der Waals surface area contributed by atoms with E-state index < -0.39 is 5.97 Å². The van der Waals surface area contributed by atoms with Crippen LogP contribution in [0.4, 0.5) is 5.69 Å². The van der Waals surface area contributed by atoms with Crippen LogP contribution in [-0.4, -0.2) is 33.7 Å². The summed E-state index contributed by atoms with van der Waals surface area (Å²) in [5.74, 6) is -0.157. The summed E-state index contributed by atoms with van der Waals surface area (Å²) in [6, 6.07) is 27.0. The van der Waals surface area contributed by atoms with Crippen molar-refractivity contribution in [2.75, 3.05) is 6.61 Å². The molecule has 0 unspecified atom stereocenters. The lowest BCUT2D eigenvalue weighted by molar-refractivity contribution is -0.122. The van der Waals surface area contributed by atoms with Crippen LogP contribution in [0.1, 0.15) is 34.0 Å². The third kappa shape index (κ3) is 7.48. The number of carbonyl (C=O) groups is 2. The first-order chi connectivity index (χ1) is 20.8. The highest BCUT2D eigenvalue weighted by Crippen LogP contribution is 2.40. The van der Waals surface area contributed by atoms with Crippen molar-refractivity contribution in [1.29, 1.82) is 0 Å². The number of benzene rings is 4. The fraction of sp³-hybridized carbons (Fsp3) is 0.121. The molecule has 0 spiro atoms. The number of rotatable bonds is 10. The first kappa shape index (κ1) is 30.4. The third-order valence-electron chi connectivity index (χ3n) is 6.37. The van der Waals surface area contributed by atoms with Gasteiger partial charge in [0, 0.05) is 10.6 Å². The Labute approximate surface area is 266 Å². The molecule has 10 heteroatoms. The minimum absolute atomic E-state index is 0.180. The van der Waals surface area contributed by atoms with E-state index in [1.54, 1.807) is 23.1 Å². The summed E-state index contributed by atoms with van der Waals surface area (Å²) in [5, 5.41) is 10.4. The van der Waals surface area contributed by atoms with Gasteiger partial charge in [0.05, 0.1) is 33.8 Å². The van der Waals surface area contributed by atoms with Crippen molar-refractivity contribution in [2.24, 2.45) is 4.99 Å². The molecule has 7 nitrogen and oxygen atoms in total. The van der Waals surface area contributed by atoms with Crippen molar-refractivity contribution in [3.8, 4) is 11.5 Å². The maximum Gasteiger partial charge on any atom is 0.335 e. The van der Waals surface area contributed by atoms with E-state index >= 15 is 0 Å². The van der Waals surface area contributed by atoms with Crippen LogP contribution in [0.3, 0.4) is 0 Å². The van der Waals surface area contributed by atoms with Gasteiger partial charge in [-0.2, -0.15) is 0 Å². The number of thioether (sulfide) groups is 1. The van der Waals surface area contributed by atoms with E-state index in [4.69, 9.17) is 26.1 Å². The van der Waals surface area contributed by atoms with Gasteiger partial charge in [0.15, 0.2) is 16.7 Å². The molecular weight excluding hydrogens is 652 g/mol. The summed E-state index contributed by atoms with van der Waals surface area (Å²) in [4.78, 5) is 31.8. The van der Waals surface area contributed by atoms with E-state index in [0.717, 1.165) is 16.7 Å². The number of carboxylic acid groups (broad SMARTS) is 1. The van der Waals surface area contributed by atoms with Gasteiger partial charge in [-0.15, -0.1) is 0 Å². The zero-order chi connectivity index (χ0) is 30.3. The second kappa shape index (κ2) is 13.9. The number of para-hydroxylation sites is 1. The number of nitrogens with zero attached hydrogens (tertiary/aromatic N) is 2. The lowest BCUT2D eigenvalue weighted by atomic mass is 10.1. The van der Waals surface area contributed by atoms with Crippen molar-refractivity contribution < 1.29 is 24.2 Å². The molecule has 1 N–H and O–H groups in total. The minimum Gasteiger partial charge on any atom is -0.490 e. The summed E-state index contributed by atoms with van der Waals surface area (Å²) in [7, 11) is 0. The van der Waals surface area contributed by atoms with Gasteiger partial charge >= 0.3 is 5.97 Å². The molecule has 0 radical (unpaired) electrons. The highest BCUT2D eigenvalue weighted by molar-refractivity contribution is 9.10. The maximum absolute atomic E-state index is 13.7. The Bertz CT molecular complexity index is 1710. The van der Waals surface area contributed by atoms with Crippen LogP contribution in [0.2, 0.25) is 5.02 Å². The average molecular weight is 678 g/mol. The number of carbonyl (C=O) groups excluding carboxylic acids is 1. The Kier molecular flexibility index (Phi) is 9.86. The molecule has 43 heavy (non-hydrogen) atoms. The molecule has 1 aliphatic heterocycles. The average Bonchev–Trinajstić information content (AvgIpc) is 3.27. The second-order valence-electron chi connectivity index (χ2n) is 9.38. The van der Waals surface area contributed by atoms with Crippen LogP contribution in [0, 0.1) is 0 Å². The van der Waals surface area contributed by atoms with Gasteiger partial charge < -0.3 is 14.6 Å². The highest BCUT2D eigenvalue weighted by Gasteiger charge is 2.33. The second-order valence-corrected chi connectivity index (χ2v) is 11.6. The van der Waals surface area contributed by atoms with Crippen LogP contribution in [-0.2, 0) is 17.9 Å². The molecule has 1 fully saturated rings. The molecule has 5 rings (SSSR count). The quantitative estimate of drug-likeness (QED) is 0.169. The number of ether oxygens (including phenoxy) is 2. The maximum atomic E-state index is 13.7. The number of aromatic carboxylic acids is 1. The zero-order valence-electron chi connectivity index (χ0n) is 23.0. The van der Waals surface area contributed by atoms with E-state index in [9.17, 15) is 14.7 Å². The number of hydrogen-bond donors (Lipinski definition) is 1. The summed E-state index contributed by atoms with van der Waals surface area (Å²) in [6.07, 6.45) is 1.80. The zero-order valence-corrected chi connectivity index (χ0v) is 26.2. The standard InChI is InChI=1S/C33H26BrClN2O5S/c1-2-41-28-17-22(16-26(34)30(28)42-20-24-8-6-7-11-27(24)35)18-29-31(38)37(19-21-12-14-23(15-13-21)32(39)40)33(43-29)36-25-9-4-3-5-10-25/h3-18H,2,19-20H2,1H3,(H,39,40)/b29-18-,36-33?. The van der Waals surface area contributed by atoms with Gasteiger partial charge in [-0.1, -0.05) is 60.1 Å². The van der Waals surface area contributed by atoms with Gasteiger partial charge in [0.1, 0.15) is 6.61 Å². The lowest BCUT2D eigenvalue weighted by Crippen LogP contribution is -2.28. The number of aliphatic imine (C=N–C) groups is 1. The Morgan fingerprint density at radius 1 is 1.02 bits per heavy atom. The molecule has 1 saturated heterocycles. The van der Waals surface area contributed by atoms with Gasteiger partial charge in [0.2, 0.25) is 0 Å². The number of halogens is 2. The van der Waals surface area contributed by atoms with Gasteiger partial charge in [-0.25, -0.2) is 9.79 Å². The summed E-state index contributed by atoms with van der Waals surface area (Å²) >= 11 is 11.2. The number of amidine groups is 1. The van der Waals surface area contributed by atoms with E-state index in [2.05, 4.69) is 15.9 Å². The molecule has 0 saturated carbocycles. The molecular formula is C33H26BrClN2O5S. The van der Waals surface area contributed by atoms with Crippen LogP contribution >= 0.6 is 39.3 Å². The van der Waals surface area contributed by atoms with Crippen molar-refractivity contribution in [3.05, 3.63) is 128 Å². The van der Waals surface area contributed by atoms with Gasteiger partial charge in [-0.05, 0) is 94.3 Å². The molecule has 1 heterocycles. The van der Waals surface area contributed by atoms with Crippen LogP contribution in [0.15, 0.2) is 105 Å². The molecule has 0 aliphatic carbocycles. The Balaban J connectivity index is 1.45. The molecule has 0 bridgehead atoms. The van der Waals surface area contributed by atoms with Crippen molar-refractivity contribution >= 4 is 68.1 Å². The predicted octanol–water partition coefficient (Wildman–Crippen LogP) is 8.58. The normalized spacial score (nSPS) is 14.9. The fourth-order valence-electron chi connectivity index (χ4n) is 4.27. The Morgan fingerprint density at radius 3 is 2.44 bits per heavy atom. The highest BCUT2D eigenvalue weighted by atomic mass is 79.9. The minimum atomic E-state index is -1.01. The monoisotopic (exact) mass is 676 g/mol. The smallest absolute Gasteiger partial charge is 0.335 e. The molecule has 0 atom stereocenters. The Hall–Kier alpha value is -4.05. The number of amides is 1. The SMILES string of the molecule is CCOc1cc(/C=C2\SC(=Nc3ccccc3)N(Cc3ccc(C(=O)O)cc3)C2=O)cc(Br)c1OCc1ccccc1Cl. The third-order valence-corrected chi connectivity index (χ3v) is 8.33. The molecule has 1 aliphatic rings. The number of hydrogen-bond acceptors (Lipinski definition) is 6. The van der Waals surface area contributed by atoms with E-state index in [1.807, 2.05) is 73.7 Å². The number of carboxylic acids is 1. The van der Waals surface area contributed by atoms with Crippen molar-refractivity contribution in [3.63, 3.8) is 0 Å². The molecule has 1 amide bonds. The van der Waals surface area contributed by atoms with E-state index in [1.165, 1.54) is 23.9 Å². The van der Waals surface area contributed by atoms with E-state index in [0.29, 0.717) is 43.4 Å². The predicted molar refractivity (Wildman–Crippen MR) is 174 cm³/mol. The first-order valence-corrected chi connectivity index (χ1v) is 15.3. The molecule has 218 valence electrons. The first-order valence-electron chi connectivity index (χ1n) is 13.3. The van der Waals surface area contributed by atoms with Crippen molar-refractivity contribution in [1.82, 2.24) is 4.90 Å². The summed E-state index contributed by atoms with van der Waals surface area (Å²) < 4.78 is 12.7. The largest absolute Gasteiger partial charge is 0.490 e. The molecule has 4 aromatic rings. The van der Waals surface area contributed by atoms with Crippen LogP contribution in [0.25, 0.3) is 6.08 Å². The van der Waals surface area contributed by atoms with E-state index in [-0.39, 0.29) is 24.6 Å². The van der Waals surface area contributed by atoms with Gasteiger partial charge in [-0.3, -0.25) is 9.69 Å². The van der Waals surface area contributed by atoms with Crippen LogP contribution in [0.5, 0.6) is 11.5 Å². The molecule has 0 aromatic heterocycles. The van der Waals surface area contributed by atoms with Gasteiger partial charge in [0.25, 0.3) is 5.91 Å². The topological polar surface area (TPSA) is 88.4 Å².